The standard InChI is InChI=1S/C23H30N4O3S2/c1-7-13(3)27-22(29)19(32-23(27)31)9-17-16(6)18(10-24)21(28)26(8-2)20(17)25-11-14(4)30-15(5)12-25/h9,13-15H,7-8,11-12H2,1-6H3/b19-9-. The van der Waals surface area contributed by atoms with Crippen LogP contribution in [0.15, 0.2) is 9.70 Å². The van der Waals surface area contributed by atoms with Gasteiger partial charge in [0.2, 0.25) is 0 Å². The van der Waals surface area contributed by atoms with Crippen LogP contribution in [0.1, 0.15) is 57.7 Å². The molecule has 0 aromatic carbocycles. The number of carbonyl (C=O) groups is 1. The van der Waals surface area contributed by atoms with Crippen LogP contribution in [0.4, 0.5) is 5.82 Å². The number of nitrogens with zero attached hydrogens (tertiary/aromatic N) is 4. The molecular weight excluding hydrogens is 444 g/mol. The van der Waals surface area contributed by atoms with Gasteiger partial charge in [0.25, 0.3) is 11.5 Å². The van der Waals surface area contributed by atoms with Crippen molar-refractivity contribution in [2.24, 2.45) is 0 Å². The van der Waals surface area contributed by atoms with E-state index in [2.05, 4.69) is 11.0 Å². The lowest BCUT2D eigenvalue weighted by Gasteiger charge is -2.39. The summed E-state index contributed by atoms with van der Waals surface area (Å²) in [5, 5.41) is 9.71. The number of carbonyl (C=O) groups excluding carboxylic acids is 1. The molecule has 0 saturated carbocycles. The number of thiocarbonyl (C=S) groups is 1. The molecule has 0 spiro atoms. The summed E-state index contributed by atoms with van der Waals surface area (Å²) in [4.78, 5) is 30.6. The van der Waals surface area contributed by atoms with Crippen LogP contribution >= 0.6 is 24.0 Å². The highest BCUT2D eigenvalue weighted by atomic mass is 32.2. The maximum Gasteiger partial charge on any atom is 0.270 e. The van der Waals surface area contributed by atoms with Gasteiger partial charge in [-0.15, -0.1) is 0 Å². The first kappa shape index (κ1) is 24.5. The number of thioether (sulfide) groups is 1. The van der Waals surface area contributed by atoms with E-state index in [1.54, 1.807) is 16.4 Å². The molecule has 1 aromatic heterocycles. The third-order valence-electron chi connectivity index (χ3n) is 6.01. The minimum absolute atomic E-state index is 0.00780. The predicted octanol–water partition coefficient (Wildman–Crippen LogP) is 3.66. The van der Waals surface area contributed by atoms with Crippen LogP contribution < -0.4 is 10.5 Å². The van der Waals surface area contributed by atoms with E-state index in [1.807, 2.05) is 40.7 Å². The van der Waals surface area contributed by atoms with Crippen LogP contribution in [0.25, 0.3) is 6.08 Å². The fraction of sp³-hybridized carbons (Fsp3) is 0.565. The molecule has 0 N–H and O–H groups in total. The first-order valence-corrected chi connectivity index (χ1v) is 12.2. The van der Waals surface area contributed by atoms with E-state index in [9.17, 15) is 14.9 Å². The van der Waals surface area contributed by atoms with Crippen molar-refractivity contribution in [2.75, 3.05) is 18.0 Å². The molecule has 7 nitrogen and oxygen atoms in total. The van der Waals surface area contributed by atoms with Gasteiger partial charge in [0, 0.05) is 31.2 Å². The fourth-order valence-electron chi connectivity index (χ4n) is 4.30. The first-order chi connectivity index (χ1) is 15.1. The smallest absolute Gasteiger partial charge is 0.270 e. The lowest BCUT2D eigenvalue weighted by atomic mass is 10.0. The third kappa shape index (κ3) is 4.36. The molecule has 0 aliphatic carbocycles. The van der Waals surface area contributed by atoms with E-state index in [4.69, 9.17) is 17.0 Å². The SMILES string of the molecule is CCC(C)N1C(=O)/C(=C/c2c(C)c(C#N)c(=O)n(CC)c2N2CC(C)OC(C)C2)SC1=S. The predicted molar refractivity (Wildman–Crippen MR) is 133 cm³/mol. The van der Waals surface area contributed by atoms with Crippen molar-refractivity contribution < 1.29 is 9.53 Å². The summed E-state index contributed by atoms with van der Waals surface area (Å²) in [7, 11) is 0. The van der Waals surface area contributed by atoms with Crippen molar-refractivity contribution in [1.29, 1.82) is 5.26 Å². The van der Waals surface area contributed by atoms with Crippen molar-refractivity contribution in [3.8, 4) is 6.07 Å². The van der Waals surface area contributed by atoms with Crippen LogP contribution in [0.3, 0.4) is 0 Å². The van der Waals surface area contributed by atoms with Crippen LogP contribution in [0, 0.1) is 18.3 Å². The first-order valence-electron chi connectivity index (χ1n) is 11.0. The summed E-state index contributed by atoms with van der Waals surface area (Å²) in [6.45, 7) is 13.3. The highest BCUT2D eigenvalue weighted by molar-refractivity contribution is 8.26. The van der Waals surface area contributed by atoms with Crippen molar-refractivity contribution in [3.63, 3.8) is 0 Å². The zero-order valence-corrected chi connectivity index (χ0v) is 21.1. The van der Waals surface area contributed by atoms with Gasteiger partial charge >= 0.3 is 0 Å². The second kappa shape index (κ2) is 9.77. The van der Waals surface area contributed by atoms with Crippen molar-refractivity contribution in [2.45, 2.75) is 72.8 Å². The van der Waals surface area contributed by atoms with E-state index in [1.165, 1.54) is 11.8 Å². The highest BCUT2D eigenvalue weighted by Gasteiger charge is 2.36. The minimum atomic E-state index is -0.307. The lowest BCUT2D eigenvalue weighted by Crippen LogP contribution is -2.48. The maximum atomic E-state index is 13.2. The summed E-state index contributed by atoms with van der Waals surface area (Å²) in [6.07, 6.45) is 2.59. The average Bonchev–Trinajstić information content (AvgIpc) is 3.01. The molecule has 2 saturated heterocycles. The number of rotatable bonds is 5. The zero-order chi connectivity index (χ0) is 23.7. The van der Waals surface area contributed by atoms with Crippen LogP contribution in [0.5, 0.6) is 0 Å². The number of anilines is 1. The number of hydrogen-bond acceptors (Lipinski definition) is 7. The van der Waals surface area contributed by atoms with Gasteiger partial charge in [0.1, 0.15) is 21.8 Å². The highest BCUT2D eigenvalue weighted by Crippen LogP contribution is 2.37. The molecule has 172 valence electrons. The fourth-order valence-corrected chi connectivity index (χ4v) is 5.75. The van der Waals surface area contributed by atoms with Gasteiger partial charge in [-0.05, 0) is 52.7 Å². The molecule has 1 aromatic rings. The molecule has 2 aliphatic rings. The molecular formula is C23H30N4O3S2. The van der Waals surface area contributed by atoms with E-state index < -0.39 is 0 Å². The number of amides is 1. The quantitative estimate of drug-likeness (QED) is 0.476. The molecule has 0 bridgehead atoms. The molecule has 2 fully saturated rings. The molecule has 9 heteroatoms. The van der Waals surface area contributed by atoms with Crippen molar-refractivity contribution in [3.05, 3.63) is 31.9 Å². The minimum Gasteiger partial charge on any atom is -0.372 e. The van der Waals surface area contributed by atoms with E-state index in [0.29, 0.717) is 40.0 Å². The molecule has 3 heterocycles. The van der Waals surface area contributed by atoms with Crippen LogP contribution in [-0.4, -0.2) is 51.0 Å². The van der Waals surface area contributed by atoms with Gasteiger partial charge in [0.15, 0.2) is 0 Å². The van der Waals surface area contributed by atoms with E-state index >= 15 is 0 Å². The van der Waals surface area contributed by atoms with Gasteiger partial charge < -0.3 is 9.64 Å². The van der Waals surface area contributed by atoms with Gasteiger partial charge in [-0.25, -0.2) is 0 Å². The van der Waals surface area contributed by atoms with Crippen LogP contribution in [-0.2, 0) is 16.1 Å². The molecule has 1 amide bonds. The maximum absolute atomic E-state index is 13.2. The Morgan fingerprint density at radius 1 is 1.28 bits per heavy atom. The Bertz CT molecular complexity index is 1060. The third-order valence-corrected chi connectivity index (χ3v) is 7.34. The number of aromatic nitrogens is 1. The second-order valence-corrected chi connectivity index (χ2v) is 10.0. The molecule has 3 unspecified atom stereocenters. The summed E-state index contributed by atoms with van der Waals surface area (Å²) in [6, 6.07) is 2.08. The average molecular weight is 475 g/mol. The number of pyridine rings is 1. The van der Waals surface area contributed by atoms with Gasteiger partial charge in [-0.3, -0.25) is 19.1 Å². The van der Waals surface area contributed by atoms with E-state index in [-0.39, 0.29) is 35.3 Å². The van der Waals surface area contributed by atoms with Crippen molar-refractivity contribution in [1.82, 2.24) is 9.47 Å². The largest absolute Gasteiger partial charge is 0.372 e. The monoisotopic (exact) mass is 474 g/mol. The number of nitriles is 1. The Hall–Kier alpha value is -2.15. The molecule has 0 radical (unpaired) electrons. The number of ether oxygens (including phenoxy) is 1. The molecule has 3 rings (SSSR count). The second-order valence-electron chi connectivity index (χ2n) is 8.37. The Balaban J connectivity index is 2.24. The summed E-state index contributed by atoms with van der Waals surface area (Å²) in [5.41, 5.74) is 1.10. The van der Waals surface area contributed by atoms with Crippen LogP contribution in [0.2, 0.25) is 0 Å². The molecule has 2 aliphatic heterocycles. The van der Waals surface area contributed by atoms with Gasteiger partial charge in [0.05, 0.1) is 17.1 Å². The Kier molecular flexibility index (Phi) is 7.48. The Morgan fingerprint density at radius 2 is 1.91 bits per heavy atom. The normalized spacial score (nSPS) is 23.7. The summed E-state index contributed by atoms with van der Waals surface area (Å²) in [5.74, 6) is 0.598. The van der Waals surface area contributed by atoms with Crippen molar-refractivity contribution >= 4 is 46.1 Å². The van der Waals surface area contributed by atoms with E-state index in [0.717, 1.165) is 12.2 Å². The molecule has 32 heavy (non-hydrogen) atoms. The Morgan fingerprint density at radius 3 is 2.44 bits per heavy atom. The zero-order valence-electron chi connectivity index (χ0n) is 19.5. The topological polar surface area (TPSA) is 78.6 Å². The molecule has 3 atom stereocenters. The summed E-state index contributed by atoms with van der Waals surface area (Å²) < 4.78 is 8.07. The number of hydrogen-bond donors (Lipinski definition) is 0. The number of morpholine rings is 1. The van der Waals surface area contributed by atoms with Gasteiger partial charge in [-0.1, -0.05) is 30.9 Å². The summed E-state index contributed by atoms with van der Waals surface area (Å²) >= 11 is 6.76. The Labute approximate surface area is 199 Å². The van der Waals surface area contributed by atoms with Gasteiger partial charge in [-0.2, -0.15) is 5.26 Å². The lowest BCUT2D eigenvalue weighted by molar-refractivity contribution is -0.123.